The zero-order valence-electron chi connectivity index (χ0n) is 16.0. The molecule has 0 saturated carbocycles. The Morgan fingerprint density at radius 2 is 1.53 bits per heavy atom. The molecule has 7 nitrogen and oxygen atoms in total. The molecule has 0 spiro atoms. The molecule has 4 N–H and O–H groups in total. The zero-order valence-corrected chi connectivity index (χ0v) is 16.8. The summed E-state index contributed by atoms with van der Waals surface area (Å²) in [5.41, 5.74) is 0.890. The van der Waals surface area contributed by atoms with Crippen molar-refractivity contribution in [3.05, 3.63) is 81.9 Å². The minimum Gasteiger partial charge on any atom is -0.410 e. The van der Waals surface area contributed by atoms with E-state index in [-0.39, 0.29) is 17.1 Å². The van der Waals surface area contributed by atoms with Gasteiger partial charge in [0.2, 0.25) is 0 Å². The van der Waals surface area contributed by atoms with E-state index in [0.717, 1.165) is 6.07 Å². The fourth-order valence-corrected chi connectivity index (χ4v) is 4.12. The molecular weight excluding hydrogens is 414 g/mol. The molecule has 156 valence electrons. The van der Waals surface area contributed by atoms with Gasteiger partial charge in [-0.25, -0.2) is 17.2 Å². The number of nitrogens with one attached hydrogen (secondary N) is 3. The molecule has 30 heavy (non-hydrogen) atoms. The van der Waals surface area contributed by atoms with Gasteiger partial charge in [0.25, 0.3) is 10.0 Å². The van der Waals surface area contributed by atoms with Crippen LogP contribution in [0.3, 0.4) is 0 Å². The van der Waals surface area contributed by atoms with Crippen molar-refractivity contribution in [3.8, 4) is 0 Å². The summed E-state index contributed by atoms with van der Waals surface area (Å²) in [4.78, 5) is -0.430. The van der Waals surface area contributed by atoms with E-state index < -0.39 is 32.3 Å². The average Bonchev–Trinajstić information content (AvgIpc) is 2.67. The van der Waals surface area contributed by atoms with Gasteiger partial charge < -0.3 is 10.5 Å². The number of halogens is 2. The molecule has 0 amide bonds. The van der Waals surface area contributed by atoms with E-state index >= 15 is 0 Å². The van der Waals surface area contributed by atoms with Crippen molar-refractivity contribution in [2.75, 3.05) is 10.0 Å². The fourth-order valence-electron chi connectivity index (χ4n) is 2.85. The lowest BCUT2D eigenvalue weighted by Gasteiger charge is -2.20. The van der Waals surface area contributed by atoms with E-state index in [2.05, 4.69) is 15.2 Å². The first-order valence-electron chi connectivity index (χ1n) is 8.68. The number of benzene rings is 2. The Bertz CT molecular complexity index is 1230. The first-order valence-corrected chi connectivity index (χ1v) is 10.2. The van der Waals surface area contributed by atoms with E-state index in [1.807, 2.05) is 0 Å². The first-order chi connectivity index (χ1) is 14.1. The van der Waals surface area contributed by atoms with Gasteiger partial charge in [-0.15, -0.1) is 0 Å². The van der Waals surface area contributed by atoms with Gasteiger partial charge in [-0.05, 0) is 73.5 Å². The molecular formula is C20H18F2N4O3S. The van der Waals surface area contributed by atoms with Crippen LogP contribution in [0.15, 0.2) is 64.3 Å². The van der Waals surface area contributed by atoms with Gasteiger partial charge in [0.05, 0.1) is 11.4 Å². The molecule has 2 aromatic rings. The highest BCUT2D eigenvalue weighted by Crippen LogP contribution is 2.25. The van der Waals surface area contributed by atoms with Crippen LogP contribution < -0.4 is 10.0 Å². The Morgan fingerprint density at radius 3 is 2.07 bits per heavy atom. The number of sulfonamides is 1. The first kappa shape index (κ1) is 21.2. The third-order valence-corrected chi connectivity index (χ3v) is 5.82. The second-order valence-electron chi connectivity index (χ2n) is 6.58. The molecule has 1 aliphatic rings. The number of oxime groups is 1. The Morgan fingerprint density at radius 1 is 0.967 bits per heavy atom. The summed E-state index contributed by atoms with van der Waals surface area (Å²) < 4.78 is 54.5. The lowest BCUT2D eigenvalue weighted by molar-refractivity contribution is 0.320. The van der Waals surface area contributed by atoms with Gasteiger partial charge in [-0.2, -0.15) is 0 Å². The average molecular weight is 432 g/mol. The van der Waals surface area contributed by atoms with Crippen molar-refractivity contribution in [2.45, 2.75) is 13.8 Å². The molecule has 10 heteroatoms. The molecule has 0 bridgehead atoms. The van der Waals surface area contributed by atoms with Gasteiger partial charge >= 0.3 is 0 Å². The number of hydrogen-bond donors (Lipinski definition) is 4. The predicted octanol–water partition coefficient (Wildman–Crippen LogP) is 4.07. The number of nitrogens with zero attached hydrogens (tertiary/aromatic N) is 1. The summed E-state index contributed by atoms with van der Waals surface area (Å²) in [6.45, 7) is 3.20. The van der Waals surface area contributed by atoms with Crippen LogP contribution in [0.25, 0.3) is 0 Å². The molecule has 0 radical (unpaired) electrons. The molecule has 3 rings (SSSR count). The predicted molar refractivity (Wildman–Crippen MR) is 112 cm³/mol. The van der Waals surface area contributed by atoms with Crippen LogP contribution >= 0.6 is 0 Å². The summed E-state index contributed by atoms with van der Waals surface area (Å²) in [6, 6.07) is 7.57. The zero-order chi connectivity index (χ0) is 22.1. The highest BCUT2D eigenvalue weighted by Gasteiger charge is 2.31. The monoisotopic (exact) mass is 432 g/mol. The standard InChI is InChI=1S/C20H18F2N4O3S/c1-11-9-13(21)3-5-15(11)24-17-7-8-18(20(25-27)19(17)23)30(28,29)26-16-6-4-14(22)10-12(16)2/h3-10,23-24,26-27H,1-2H3/b23-19?,25-20-. The Kier molecular flexibility index (Phi) is 5.70. The van der Waals surface area contributed by atoms with Crippen LogP contribution in [0.2, 0.25) is 0 Å². The minimum atomic E-state index is -4.24. The Hall–Kier alpha value is -3.53. The van der Waals surface area contributed by atoms with Crippen LogP contribution in [0, 0.1) is 30.9 Å². The molecule has 1 aliphatic carbocycles. The summed E-state index contributed by atoms with van der Waals surface area (Å²) in [6.07, 6.45) is 2.52. The number of hydrogen-bond acceptors (Lipinski definition) is 6. The Balaban J connectivity index is 1.95. The fraction of sp³-hybridized carbons (Fsp3) is 0.100. The van der Waals surface area contributed by atoms with E-state index in [1.54, 1.807) is 6.92 Å². The highest BCUT2D eigenvalue weighted by molar-refractivity contribution is 7.97. The van der Waals surface area contributed by atoms with Gasteiger partial charge in [-0.3, -0.25) is 10.1 Å². The molecule has 0 aliphatic heterocycles. The van der Waals surface area contributed by atoms with Crippen LogP contribution in [0.1, 0.15) is 11.1 Å². The van der Waals surface area contributed by atoms with Gasteiger partial charge in [-0.1, -0.05) is 5.16 Å². The lowest BCUT2D eigenvalue weighted by atomic mass is 10.1. The third kappa shape index (κ3) is 4.23. The van der Waals surface area contributed by atoms with Gasteiger partial charge in [0.15, 0.2) is 0 Å². The molecule has 0 heterocycles. The summed E-state index contributed by atoms with van der Waals surface area (Å²) in [5.74, 6) is -0.930. The summed E-state index contributed by atoms with van der Waals surface area (Å²) in [7, 11) is -4.24. The minimum absolute atomic E-state index is 0.149. The highest BCUT2D eigenvalue weighted by atomic mass is 32.2. The third-order valence-electron chi connectivity index (χ3n) is 4.42. The number of rotatable bonds is 5. The molecule has 0 fully saturated rings. The second-order valence-corrected chi connectivity index (χ2v) is 8.23. The van der Waals surface area contributed by atoms with Gasteiger partial charge in [0.1, 0.15) is 28.0 Å². The van der Waals surface area contributed by atoms with Crippen molar-refractivity contribution in [1.29, 1.82) is 5.41 Å². The normalized spacial score (nSPS) is 15.6. The van der Waals surface area contributed by atoms with E-state index in [0.29, 0.717) is 16.8 Å². The SMILES string of the molecule is Cc1cc(F)ccc1NC1=CC=C(S(=O)(=O)Nc2ccc(F)cc2C)/C(=N/O)C1=N. The van der Waals surface area contributed by atoms with Crippen LogP contribution in [0.4, 0.5) is 20.2 Å². The lowest BCUT2D eigenvalue weighted by Crippen LogP contribution is -2.31. The maximum Gasteiger partial charge on any atom is 0.264 e. The van der Waals surface area contributed by atoms with Crippen LogP contribution in [-0.2, 0) is 10.0 Å². The van der Waals surface area contributed by atoms with E-state index in [9.17, 15) is 22.4 Å². The van der Waals surface area contributed by atoms with Crippen LogP contribution in [0.5, 0.6) is 0 Å². The molecule has 0 aromatic heterocycles. The largest absolute Gasteiger partial charge is 0.410 e. The summed E-state index contributed by atoms with van der Waals surface area (Å²) in [5, 5.41) is 23.5. The molecule has 2 aromatic carbocycles. The maximum atomic E-state index is 13.3. The second kappa shape index (κ2) is 8.07. The smallest absolute Gasteiger partial charge is 0.264 e. The van der Waals surface area contributed by atoms with Crippen LogP contribution in [-0.4, -0.2) is 25.0 Å². The molecule has 0 saturated heterocycles. The molecule has 0 atom stereocenters. The number of anilines is 2. The number of allylic oxidation sites excluding steroid dienone is 4. The van der Waals surface area contributed by atoms with Crippen molar-refractivity contribution in [2.24, 2.45) is 5.16 Å². The quantitative estimate of drug-likeness (QED) is 0.324. The van der Waals surface area contributed by atoms with E-state index in [1.165, 1.54) is 49.4 Å². The van der Waals surface area contributed by atoms with Gasteiger partial charge in [0, 0.05) is 5.69 Å². The van der Waals surface area contributed by atoms with E-state index in [4.69, 9.17) is 5.41 Å². The summed E-state index contributed by atoms with van der Waals surface area (Å²) >= 11 is 0. The molecule has 0 unspecified atom stereocenters. The number of aryl methyl sites for hydroxylation is 2. The van der Waals surface area contributed by atoms with Crippen molar-refractivity contribution >= 4 is 32.8 Å². The van der Waals surface area contributed by atoms with Crippen molar-refractivity contribution < 1.29 is 22.4 Å². The van der Waals surface area contributed by atoms with Crippen molar-refractivity contribution in [3.63, 3.8) is 0 Å². The maximum absolute atomic E-state index is 13.3. The Labute approximate surface area is 172 Å². The van der Waals surface area contributed by atoms with Crippen molar-refractivity contribution in [1.82, 2.24) is 0 Å². The topological polar surface area (TPSA) is 115 Å².